The van der Waals surface area contributed by atoms with Crippen molar-refractivity contribution in [3.8, 4) is 5.75 Å². The number of carboxylic acid groups (broad SMARTS) is 3. The van der Waals surface area contributed by atoms with Crippen LogP contribution in [0.5, 0.6) is 5.75 Å². The lowest BCUT2D eigenvalue weighted by Crippen LogP contribution is -2.61. The predicted molar refractivity (Wildman–Crippen MR) is 344 cm³/mol. The van der Waals surface area contributed by atoms with E-state index >= 15 is 0 Å². The van der Waals surface area contributed by atoms with Crippen LogP contribution in [0.4, 0.5) is 0 Å². The van der Waals surface area contributed by atoms with E-state index in [0.717, 1.165) is 0 Å². The van der Waals surface area contributed by atoms with Gasteiger partial charge in [-0.2, -0.15) is 0 Å². The minimum atomic E-state index is -1.86. The molecule has 34 heteroatoms. The van der Waals surface area contributed by atoms with Crippen LogP contribution in [0, 0.1) is 5.92 Å². The van der Waals surface area contributed by atoms with Crippen molar-refractivity contribution in [3.63, 3.8) is 0 Å². The average Bonchev–Trinajstić information content (AvgIpc) is 1.88. The number of para-hydroxylation sites is 1. The van der Waals surface area contributed by atoms with Crippen LogP contribution in [0.3, 0.4) is 0 Å². The molecule has 0 bridgehead atoms. The maximum atomic E-state index is 14.6. The number of fused-ring (bicyclic) bond motifs is 1. The number of aromatic nitrogens is 3. The van der Waals surface area contributed by atoms with Gasteiger partial charge in [-0.25, -0.2) is 4.98 Å². The SMILES string of the molecule is CC(=O)CC(=O)O.CCNC(=O)[C@@H]1CCCN1C(=O)[C@H](CCCN=C(N)N)NC(=O)[C@H](CC(C)C)NC(=O)[C@@H](CCC(=O)O)NC(=O)[C@H](Cc1ccc(O)cc1)NC(=O)[C@H](CO)NC(=O)[C@H](Cc1c[nH]c2ccccc12)NC(=O)[C@H](Cc1cnc[nH]1)NC(=O)[C@@H](N)CCC(=O)O. The maximum absolute atomic E-state index is 14.6. The number of aliphatic imine (C=N–C) groups is 1. The van der Waals surface area contributed by atoms with Gasteiger partial charge in [-0.1, -0.05) is 44.2 Å². The smallest absolute Gasteiger partial charge is 0.310 e. The van der Waals surface area contributed by atoms with Crippen molar-refractivity contribution in [2.45, 2.75) is 166 Å². The van der Waals surface area contributed by atoms with E-state index in [9.17, 15) is 82.8 Å². The van der Waals surface area contributed by atoms with Crippen molar-refractivity contribution in [2.75, 3.05) is 26.2 Å². The number of Topliss-reactive ketones (excluding diaryl/α,β-unsaturated/α-hetero) is 1. The number of amides is 9. The molecule has 0 spiro atoms. The molecule has 524 valence electrons. The molecule has 2 aromatic heterocycles. The first-order valence-corrected chi connectivity index (χ1v) is 31.1. The molecule has 0 unspecified atom stereocenters. The number of carbonyl (C=O) groups is 13. The minimum absolute atomic E-state index is 0.0151. The number of aliphatic hydroxyl groups is 1. The van der Waals surface area contributed by atoms with Crippen LogP contribution in [-0.2, 0) is 81.6 Å². The number of carboxylic acids is 3. The summed E-state index contributed by atoms with van der Waals surface area (Å²) in [6.45, 7) is 6.02. The van der Waals surface area contributed by atoms with Gasteiger partial charge >= 0.3 is 17.9 Å². The summed E-state index contributed by atoms with van der Waals surface area (Å²) in [4.78, 5) is 185. The fraction of sp³-hybridized carbons (Fsp3) is 0.500. The number of phenols is 1. The predicted octanol–water partition coefficient (Wildman–Crippen LogP) is -2.66. The number of aromatic amines is 2. The quantitative estimate of drug-likeness (QED) is 0.00943. The van der Waals surface area contributed by atoms with Gasteiger partial charge in [-0.3, -0.25) is 67.3 Å². The zero-order valence-electron chi connectivity index (χ0n) is 53.8. The molecule has 21 N–H and O–H groups in total. The van der Waals surface area contributed by atoms with Crippen LogP contribution in [0.2, 0.25) is 0 Å². The zero-order chi connectivity index (χ0) is 71.2. The second-order valence-corrected chi connectivity index (χ2v) is 23.2. The average molecular weight is 1350 g/mol. The highest BCUT2D eigenvalue weighted by Gasteiger charge is 2.40. The van der Waals surface area contributed by atoms with Crippen molar-refractivity contribution in [1.29, 1.82) is 0 Å². The number of hydrogen-bond donors (Lipinski definition) is 18. The molecule has 5 rings (SSSR count). The van der Waals surface area contributed by atoms with Gasteiger partial charge in [0, 0.05) is 80.7 Å². The molecular weight excluding hydrogens is 1260 g/mol. The molecule has 3 heterocycles. The fourth-order valence-corrected chi connectivity index (χ4v) is 10.2. The minimum Gasteiger partial charge on any atom is -0.508 e. The third-order valence-corrected chi connectivity index (χ3v) is 14.9. The van der Waals surface area contributed by atoms with Crippen LogP contribution in [0.1, 0.15) is 109 Å². The summed E-state index contributed by atoms with van der Waals surface area (Å²) in [5.74, 6) is -12.4. The maximum Gasteiger partial charge on any atom is 0.310 e. The van der Waals surface area contributed by atoms with E-state index in [1.54, 1.807) is 51.2 Å². The topological polar surface area (TPSA) is 557 Å². The molecule has 1 fully saturated rings. The first-order valence-electron chi connectivity index (χ1n) is 31.1. The highest BCUT2D eigenvalue weighted by atomic mass is 16.4. The Bertz CT molecular complexity index is 3340. The molecule has 34 nitrogen and oxygen atoms in total. The van der Waals surface area contributed by atoms with Crippen molar-refractivity contribution in [1.82, 2.24) is 62.4 Å². The third-order valence-electron chi connectivity index (χ3n) is 14.9. The van der Waals surface area contributed by atoms with Gasteiger partial charge in [0.15, 0.2) is 5.96 Å². The monoisotopic (exact) mass is 1340 g/mol. The number of rotatable bonds is 38. The molecule has 9 amide bonds. The molecule has 4 aromatic rings. The molecule has 2 aromatic carbocycles. The standard InChI is InChI=1S/C58H82N16O15.C4H6O3/c1-4-63-56(88)46-12-8-22-74(46)57(89)40(11-7-21-64-58(60)61)68-51(83)41(23-31(2)3)70-50(82)39(18-20-48(79)80)67-52(84)42(24-32-13-15-35(76)16-14-32)71-55(87)45(29-75)73-53(85)43(25-33-27-65-38-10-6-5-9-36(33)38)72-54(86)44(26-34-28-62-30-66-34)69-49(81)37(59)17-19-47(77)78;1-3(5)2-4(6)7/h5-6,9-10,13-16,27-28,30-31,37,39-46,65,75-76H,4,7-8,11-12,17-26,29,59H2,1-3H3,(H,62,66)(H,63,88)(H,67,84)(H,68,83)(H,69,81)(H,70,82)(H,71,87)(H,72,86)(H,73,85)(H,77,78)(H,79,80)(H4,60,61,64);2H2,1H3,(H,6,7)/t37-,39+,40-,41-,42-,43-,44-,45-,46-;/m0./s1. The van der Waals surface area contributed by atoms with Crippen LogP contribution in [0.25, 0.3) is 10.9 Å². The number of ketones is 1. The number of aliphatic hydroxyl groups excluding tert-OH is 1. The van der Waals surface area contributed by atoms with Crippen LogP contribution >= 0.6 is 0 Å². The Hall–Kier alpha value is -10.5. The number of aromatic hydroxyl groups is 1. The first kappa shape index (κ1) is 77.9. The van der Waals surface area contributed by atoms with E-state index in [2.05, 4.69) is 62.5 Å². The molecule has 9 atom stereocenters. The van der Waals surface area contributed by atoms with E-state index < -0.39 is 145 Å². The lowest BCUT2D eigenvalue weighted by Gasteiger charge is -2.30. The van der Waals surface area contributed by atoms with Gasteiger partial charge in [-0.15, -0.1) is 0 Å². The van der Waals surface area contributed by atoms with Crippen molar-refractivity contribution in [2.24, 2.45) is 28.1 Å². The lowest BCUT2D eigenvalue weighted by molar-refractivity contribution is -0.142. The molecule has 1 saturated heterocycles. The van der Waals surface area contributed by atoms with Gasteiger partial charge in [0.05, 0.1) is 19.0 Å². The summed E-state index contributed by atoms with van der Waals surface area (Å²) in [5.41, 5.74) is 18.9. The van der Waals surface area contributed by atoms with E-state index in [1.807, 2.05) is 0 Å². The van der Waals surface area contributed by atoms with Gasteiger partial charge in [0.25, 0.3) is 0 Å². The molecular formula is C62H88N16O18. The molecule has 0 radical (unpaired) electrons. The summed E-state index contributed by atoms with van der Waals surface area (Å²) in [6.07, 6.45) is 2.27. The number of likely N-dealkylation sites (N-methyl/N-ethyl adjacent to an activating group) is 1. The van der Waals surface area contributed by atoms with Gasteiger partial charge in [-0.05, 0) is 94.0 Å². The van der Waals surface area contributed by atoms with Crippen LogP contribution < -0.4 is 59.7 Å². The van der Waals surface area contributed by atoms with Crippen molar-refractivity contribution >= 4 is 93.7 Å². The molecule has 96 heavy (non-hydrogen) atoms. The Labute approximate surface area is 551 Å². The number of aliphatic carboxylic acids is 3. The second kappa shape index (κ2) is 39.3. The number of benzene rings is 2. The second-order valence-electron chi connectivity index (χ2n) is 23.2. The Morgan fingerprint density at radius 1 is 0.667 bits per heavy atom. The number of guanidine groups is 1. The largest absolute Gasteiger partial charge is 0.508 e. The van der Waals surface area contributed by atoms with E-state index in [1.165, 1.54) is 48.6 Å². The summed E-state index contributed by atoms with van der Waals surface area (Å²) in [7, 11) is 0. The third kappa shape index (κ3) is 26.5. The number of imidazole rings is 1. The lowest BCUT2D eigenvalue weighted by atomic mass is 10.0. The Morgan fingerprint density at radius 2 is 1.22 bits per heavy atom. The number of carbonyl (C=O) groups excluding carboxylic acids is 10. The Kier molecular flexibility index (Phi) is 31.9. The summed E-state index contributed by atoms with van der Waals surface area (Å²) in [5, 5.41) is 68.9. The van der Waals surface area contributed by atoms with E-state index in [-0.39, 0.29) is 93.8 Å². The number of likely N-dealkylation sites (tertiary alicyclic amines) is 1. The number of nitrogens with one attached hydrogen (secondary N) is 10. The van der Waals surface area contributed by atoms with E-state index in [0.29, 0.717) is 47.1 Å². The highest BCUT2D eigenvalue weighted by molar-refractivity contribution is 5.99. The molecule has 0 saturated carbocycles. The summed E-state index contributed by atoms with van der Waals surface area (Å²) in [6, 6.07) is -0.563. The van der Waals surface area contributed by atoms with E-state index in [4.69, 9.17) is 22.3 Å². The number of nitrogens with zero attached hydrogens (tertiary/aromatic N) is 3. The molecule has 1 aliphatic rings. The van der Waals surface area contributed by atoms with Crippen molar-refractivity contribution in [3.05, 3.63) is 84.1 Å². The van der Waals surface area contributed by atoms with Gasteiger partial charge in [0.1, 0.15) is 66.3 Å². The summed E-state index contributed by atoms with van der Waals surface area (Å²) >= 11 is 0. The normalized spacial score (nSPS) is 15.0. The summed E-state index contributed by atoms with van der Waals surface area (Å²) < 4.78 is 0. The van der Waals surface area contributed by atoms with Crippen LogP contribution in [0.15, 0.2) is 72.2 Å². The first-order chi connectivity index (χ1) is 45.5. The number of nitrogens with two attached hydrogens (primary N) is 3. The number of H-pyrrole nitrogens is 2. The fourth-order valence-electron chi connectivity index (χ4n) is 10.2. The number of hydrogen-bond acceptors (Lipinski definition) is 18. The number of phenolic OH excluding ortho intramolecular Hbond substituents is 1. The highest BCUT2D eigenvalue weighted by Crippen LogP contribution is 2.22. The molecule has 1 aliphatic heterocycles. The Morgan fingerprint density at radius 3 is 1.79 bits per heavy atom. The van der Waals surface area contributed by atoms with Gasteiger partial charge < -0.3 is 100 Å². The molecule has 0 aliphatic carbocycles. The zero-order valence-corrected chi connectivity index (χ0v) is 53.8. The van der Waals surface area contributed by atoms with Crippen molar-refractivity contribution < 1.29 is 87.9 Å². The van der Waals surface area contributed by atoms with Crippen LogP contribution in [-0.4, -0.2) is 209 Å². The Balaban J connectivity index is 0.00000264. The van der Waals surface area contributed by atoms with Gasteiger partial charge in [0.2, 0.25) is 53.2 Å².